The van der Waals surface area contributed by atoms with Gasteiger partial charge in [-0.05, 0) is 38.7 Å². The minimum atomic E-state index is 0.777. The predicted octanol–water partition coefficient (Wildman–Crippen LogP) is 3.89. The van der Waals surface area contributed by atoms with E-state index in [0.717, 1.165) is 68.8 Å². The van der Waals surface area contributed by atoms with E-state index in [-0.39, 0.29) is 0 Å². The van der Waals surface area contributed by atoms with Gasteiger partial charge in [0.05, 0.1) is 23.9 Å². The third-order valence-corrected chi connectivity index (χ3v) is 4.92. The van der Waals surface area contributed by atoms with E-state index >= 15 is 0 Å². The zero-order valence-corrected chi connectivity index (χ0v) is 17.6. The summed E-state index contributed by atoms with van der Waals surface area (Å²) >= 11 is 1.69. The summed E-state index contributed by atoms with van der Waals surface area (Å²) in [6.07, 6.45) is 3.04. The molecule has 0 saturated carbocycles. The highest BCUT2D eigenvalue weighted by molar-refractivity contribution is 7.09. The van der Waals surface area contributed by atoms with Crippen LogP contribution in [0.15, 0.2) is 40.7 Å². The number of hydrogen-bond acceptors (Lipinski definition) is 4. The van der Waals surface area contributed by atoms with Gasteiger partial charge in [0.15, 0.2) is 5.96 Å². The maximum absolute atomic E-state index is 5.74. The molecule has 1 aromatic heterocycles. The molecule has 27 heavy (non-hydrogen) atoms. The van der Waals surface area contributed by atoms with Crippen LogP contribution in [0.2, 0.25) is 0 Å². The van der Waals surface area contributed by atoms with Crippen LogP contribution in [0.3, 0.4) is 0 Å². The lowest BCUT2D eigenvalue weighted by atomic mass is 10.2. The van der Waals surface area contributed by atoms with Crippen molar-refractivity contribution in [2.45, 2.75) is 39.7 Å². The zero-order valence-electron chi connectivity index (χ0n) is 16.8. The second-order valence-corrected chi connectivity index (χ2v) is 7.57. The molecule has 0 saturated heterocycles. The number of unbranched alkanes of at least 4 members (excludes halogenated alkanes) is 1. The highest BCUT2D eigenvalue weighted by atomic mass is 32.1. The fraction of sp³-hybridized carbons (Fsp3) is 0.524. The zero-order chi connectivity index (χ0) is 19.3. The van der Waals surface area contributed by atoms with E-state index in [4.69, 9.17) is 9.73 Å². The molecule has 0 aliphatic rings. The number of benzene rings is 1. The third-order valence-electron chi connectivity index (χ3n) is 4.10. The molecule has 1 heterocycles. The Balaban J connectivity index is 1.62. The highest BCUT2D eigenvalue weighted by Gasteiger charge is 2.08. The van der Waals surface area contributed by atoms with E-state index in [1.807, 2.05) is 13.0 Å². The lowest BCUT2D eigenvalue weighted by molar-refractivity contribution is 0.134. The van der Waals surface area contributed by atoms with Gasteiger partial charge < -0.3 is 15.0 Å². The quantitative estimate of drug-likeness (QED) is 0.360. The van der Waals surface area contributed by atoms with Crippen molar-refractivity contribution in [2.24, 2.45) is 4.99 Å². The number of aromatic nitrogens is 1. The molecule has 0 bridgehead atoms. The van der Waals surface area contributed by atoms with Gasteiger partial charge in [-0.2, -0.15) is 0 Å². The molecular formula is C21H32N4OS. The van der Waals surface area contributed by atoms with Crippen molar-refractivity contribution in [3.8, 4) is 0 Å². The minimum absolute atomic E-state index is 0.777. The number of hydrogen-bond donors (Lipinski definition) is 1. The number of aliphatic imine (C=N–C) groups is 1. The van der Waals surface area contributed by atoms with Crippen molar-refractivity contribution in [1.29, 1.82) is 0 Å². The van der Waals surface area contributed by atoms with Gasteiger partial charge in [-0.3, -0.25) is 4.99 Å². The van der Waals surface area contributed by atoms with Gasteiger partial charge in [0.2, 0.25) is 0 Å². The first-order valence-corrected chi connectivity index (χ1v) is 10.6. The number of guanidine groups is 1. The largest absolute Gasteiger partial charge is 0.381 e. The average Bonchev–Trinajstić information content (AvgIpc) is 3.08. The fourth-order valence-corrected chi connectivity index (χ4v) is 3.31. The van der Waals surface area contributed by atoms with Crippen molar-refractivity contribution in [3.63, 3.8) is 0 Å². The molecule has 0 amide bonds. The van der Waals surface area contributed by atoms with Crippen LogP contribution in [0.1, 0.15) is 36.0 Å². The van der Waals surface area contributed by atoms with E-state index in [1.165, 1.54) is 5.56 Å². The summed E-state index contributed by atoms with van der Waals surface area (Å²) < 4.78 is 5.74. The molecule has 1 N–H and O–H groups in total. The van der Waals surface area contributed by atoms with Crippen LogP contribution in [-0.4, -0.2) is 49.2 Å². The van der Waals surface area contributed by atoms with Gasteiger partial charge in [-0.1, -0.05) is 30.3 Å². The summed E-state index contributed by atoms with van der Waals surface area (Å²) in [6, 6.07) is 10.5. The predicted molar refractivity (Wildman–Crippen MR) is 114 cm³/mol. The van der Waals surface area contributed by atoms with E-state index in [1.54, 1.807) is 11.3 Å². The molecule has 0 radical (unpaired) electrons. The average molecular weight is 389 g/mol. The standard InChI is InChI=1S/C21H32N4OS/c1-4-22-21(25(3)16-20-17-27-18(2)24-20)23-13-8-9-14-26-15-12-19-10-6-5-7-11-19/h5-7,10-11,17H,4,8-9,12-16H2,1-3H3,(H,22,23). The third kappa shape index (κ3) is 8.54. The summed E-state index contributed by atoms with van der Waals surface area (Å²) in [5.41, 5.74) is 2.42. The monoisotopic (exact) mass is 388 g/mol. The molecule has 0 spiro atoms. The summed E-state index contributed by atoms with van der Waals surface area (Å²) in [4.78, 5) is 11.4. The summed E-state index contributed by atoms with van der Waals surface area (Å²) in [6.45, 7) is 8.16. The Hall–Kier alpha value is -1.92. The van der Waals surface area contributed by atoms with Gasteiger partial charge in [-0.15, -0.1) is 11.3 Å². The van der Waals surface area contributed by atoms with Crippen LogP contribution < -0.4 is 5.32 Å². The molecule has 148 valence electrons. The van der Waals surface area contributed by atoms with Gasteiger partial charge in [-0.25, -0.2) is 4.98 Å². The first-order chi connectivity index (χ1) is 13.2. The lowest BCUT2D eigenvalue weighted by Crippen LogP contribution is -2.38. The van der Waals surface area contributed by atoms with E-state index < -0.39 is 0 Å². The normalized spacial score (nSPS) is 11.6. The van der Waals surface area contributed by atoms with Crippen molar-refractivity contribution in [2.75, 3.05) is 33.4 Å². The molecule has 0 unspecified atom stereocenters. The van der Waals surface area contributed by atoms with Crippen LogP contribution in [0.5, 0.6) is 0 Å². The Bertz CT molecular complexity index is 672. The number of rotatable bonds is 11. The first kappa shape index (κ1) is 21.4. The Labute approximate surface area is 167 Å². The first-order valence-electron chi connectivity index (χ1n) is 9.71. The molecular weight excluding hydrogens is 356 g/mol. The molecule has 0 fully saturated rings. The number of aryl methyl sites for hydroxylation is 1. The topological polar surface area (TPSA) is 49.8 Å². The fourth-order valence-electron chi connectivity index (χ4n) is 2.71. The molecule has 2 rings (SSSR count). The molecule has 6 heteroatoms. The van der Waals surface area contributed by atoms with Gasteiger partial charge in [0, 0.05) is 32.1 Å². The van der Waals surface area contributed by atoms with Crippen molar-refractivity contribution >= 4 is 17.3 Å². The molecule has 0 atom stereocenters. The minimum Gasteiger partial charge on any atom is -0.381 e. The summed E-state index contributed by atoms with van der Waals surface area (Å²) in [5.74, 6) is 0.938. The van der Waals surface area contributed by atoms with E-state index in [9.17, 15) is 0 Å². The molecule has 0 aliphatic heterocycles. The Kier molecular flexibility index (Phi) is 9.87. The van der Waals surface area contributed by atoms with Crippen LogP contribution >= 0.6 is 11.3 Å². The van der Waals surface area contributed by atoms with Crippen LogP contribution in [0.25, 0.3) is 0 Å². The second kappa shape index (κ2) is 12.5. The summed E-state index contributed by atoms with van der Waals surface area (Å²) in [7, 11) is 2.06. The number of thiazole rings is 1. The van der Waals surface area contributed by atoms with E-state index in [0.29, 0.717) is 0 Å². The molecule has 5 nitrogen and oxygen atoms in total. The Morgan fingerprint density at radius 3 is 2.74 bits per heavy atom. The maximum atomic E-state index is 5.74. The van der Waals surface area contributed by atoms with Gasteiger partial charge in [0.25, 0.3) is 0 Å². The SMILES string of the molecule is CCNC(=NCCCCOCCc1ccccc1)N(C)Cc1csc(C)n1. The smallest absolute Gasteiger partial charge is 0.194 e. The maximum Gasteiger partial charge on any atom is 0.194 e. The lowest BCUT2D eigenvalue weighted by Gasteiger charge is -2.21. The molecule has 0 aliphatic carbocycles. The highest BCUT2D eigenvalue weighted by Crippen LogP contribution is 2.10. The van der Waals surface area contributed by atoms with Crippen LogP contribution in [0, 0.1) is 6.92 Å². The molecule has 2 aromatic rings. The van der Waals surface area contributed by atoms with Crippen LogP contribution in [-0.2, 0) is 17.7 Å². The van der Waals surface area contributed by atoms with Gasteiger partial charge >= 0.3 is 0 Å². The number of nitrogens with one attached hydrogen (secondary N) is 1. The van der Waals surface area contributed by atoms with Gasteiger partial charge in [0.1, 0.15) is 0 Å². The van der Waals surface area contributed by atoms with Crippen molar-refractivity contribution in [3.05, 3.63) is 52.0 Å². The molecule has 1 aromatic carbocycles. The van der Waals surface area contributed by atoms with Crippen molar-refractivity contribution in [1.82, 2.24) is 15.2 Å². The Morgan fingerprint density at radius 1 is 1.22 bits per heavy atom. The number of nitrogens with zero attached hydrogens (tertiary/aromatic N) is 3. The Morgan fingerprint density at radius 2 is 2.04 bits per heavy atom. The number of ether oxygens (including phenoxy) is 1. The second-order valence-electron chi connectivity index (χ2n) is 6.50. The summed E-state index contributed by atoms with van der Waals surface area (Å²) in [5, 5.41) is 6.58. The van der Waals surface area contributed by atoms with Crippen LogP contribution in [0.4, 0.5) is 0 Å². The van der Waals surface area contributed by atoms with Crippen molar-refractivity contribution < 1.29 is 4.74 Å². The van der Waals surface area contributed by atoms with E-state index in [2.05, 4.69) is 58.8 Å².